The summed E-state index contributed by atoms with van der Waals surface area (Å²) in [5.74, 6) is 0.836. The van der Waals surface area contributed by atoms with E-state index in [0.29, 0.717) is 30.1 Å². The van der Waals surface area contributed by atoms with Gasteiger partial charge in [-0.15, -0.1) is 0 Å². The first kappa shape index (κ1) is 21.2. The van der Waals surface area contributed by atoms with Crippen LogP contribution in [-0.4, -0.2) is 57.6 Å². The summed E-state index contributed by atoms with van der Waals surface area (Å²) < 4.78 is 7.03. The van der Waals surface area contributed by atoms with Gasteiger partial charge in [-0.25, -0.2) is 4.68 Å². The van der Waals surface area contributed by atoms with E-state index in [1.54, 1.807) is 28.8 Å². The highest BCUT2D eigenvalue weighted by Gasteiger charge is 2.50. The maximum Gasteiger partial charge on any atom is 0.273 e. The number of aromatic nitrogens is 2. The van der Waals surface area contributed by atoms with E-state index in [-0.39, 0.29) is 29.8 Å². The van der Waals surface area contributed by atoms with Crippen molar-refractivity contribution in [3.63, 3.8) is 0 Å². The average molecular weight is 445 g/mol. The number of nitrogens with zero attached hydrogens (tertiary/aromatic N) is 4. The van der Waals surface area contributed by atoms with Gasteiger partial charge in [-0.05, 0) is 43.2 Å². The highest BCUT2D eigenvalue weighted by atomic mass is 16.5. The molecule has 0 aliphatic carbocycles. The Morgan fingerprint density at radius 3 is 2.48 bits per heavy atom. The van der Waals surface area contributed by atoms with E-state index < -0.39 is 0 Å². The van der Waals surface area contributed by atoms with E-state index >= 15 is 0 Å². The molecule has 3 heterocycles. The van der Waals surface area contributed by atoms with Crippen molar-refractivity contribution in [1.82, 2.24) is 19.6 Å². The zero-order valence-corrected chi connectivity index (χ0v) is 19.4. The first-order chi connectivity index (χ1) is 15.9. The van der Waals surface area contributed by atoms with Crippen molar-refractivity contribution in [2.24, 2.45) is 5.92 Å². The normalized spacial score (nSPS) is 18.0. The van der Waals surface area contributed by atoms with E-state index in [1.165, 1.54) is 0 Å². The Balaban J connectivity index is 1.41. The van der Waals surface area contributed by atoms with Crippen LogP contribution in [0.25, 0.3) is 5.69 Å². The predicted octanol–water partition coefficient (Wildman–Crippen LogP) is 3.87. The molecule has 2 aliphatic rings. The van der Waals surface area contributed by atoms with Gasteiger partial charge in [0.1, 0.15) is 11.4 Å². The molecule has 3 aromatic rings. The molecule has 0 saturated carbocycles. The minimum absolute atomic E-state index is 0.00775. The molecule has 33 heavy (non-hydrogen) atoms. The molecule has 2 aliphatic heterocycles. The molecule has 1 aromatic heterocycles. The maximum absolute atomic E-state index is 13.7. The van der Waals surface area contributed by atoms with Crippen molar-refractivity contribution in [3.8, 4) is 11.4 Å². The van der Waals surface area contributed by atoms with Crippen molar-refractivity contribution < 1.29 is 14.3 Å². The number of likely N-dealkylation sites (tertiary alicyclic amines) is 1. The van der Waals surface area contributed by atoms with Crippen LogP contribution in [0.4, 0.5) is 0 Å². The second-order valence-electron chi connectivity index (χ2n) is 9.09. The summed E-state index contributed by atoms with van der Waals surface area (Å²) in [5, 5.41) is 4.72. The number of amides is 2. The Hall–Kier alpha value is -3.61. The van der Waals surface area contributed by atoms with Gasteiger partial charge < -0.3 is 14.5 Å². The average Bonchev–Trinajstić information content (AvgIpc) is 3.29. The molecule has 5 rings (SSSR count). The number of rotatable bonds is 5. The summed E-state index contributed by atoms with van der Waals surface area (Å²) in [4.78, 5) is 30.5. The van der Waals surface area contributed by atoms with Crippen LogP contribution in [0.3, 0.4) is 0 Å². The van der Waals surface area contributed by atoms with Crippen molar-refractivity contribution in [2.45, 2.75) is 32.9 Å². The van der Waals surface area contributed by atoms with Crippen LogP contribution >= 0.6 is 0 Å². The lowest BCUT2D eigenvalue weighted by Gasteiger charge is -2.47. The van der Waals surface area contributed by atoms with Gasteiger partial charge in [0, 0.05) is 24.2 Å². The Kier molecular flexibility index (Phi) is 5.19. The van der Waals surface area contributed by atoms with Gasteiger partial charge >= 0.3 is 0 Å². The summed E-state index contributed by atoms with van der Waals surface area (Å²) in [6, 6.07) is 16.9. The van der Waals surface area contributed by atoms with E-state index in [4.69, 9.17) is 9.84 Å². The lowest BCUT2D eigenvalue weighted by molar-refractivity contribution is 0.00828. The van der Waals surface area contributed by atoms with E-state index in [1.807, 2.05) is 54.3 Å². The van der Waals surface area contributed by atoms with Gasteiger partial charge in [-0.1, -0.05) is 38.1 Å². The minimum atomic E-state index is -0.0518. The number of methoxy groups -OCH3 is 1. The van der Waals surface area contributed by atoms with Gasteiger partial charge in [-0.3, -0.25) is 9.59 Å². The topological polar surface area (TPSA) is 67.7 Å². The number of carbonyl (C=O) groups excluding carboxylic acids is 2. The molecule has 1 atom stereocenters. The zero-order valence-electron chi connectivity index (χ0n) is 19.4. The number of carbonyl (C=O) groups is 2. The molecule has 0 N–H and O–H groups in total. The molecule has 1 unspecified atom stereocenters. The third kappa shape index (κ3) is 3.39. The van der Waals surface area contributed by atoms with Crippen LogP contribution in [0, 0.1) is 12.8 Å². The third-order valence-electron chi connectivity index (χ3n) is 6.63. The second kappa shape index (κ2) is 8.06. The summed E-state index contributed by atoms with van der Waals surface area (Å²) in [5.41, 5.74) is 4.02. The number of ether oxygens (including phenoxy) is 1. The van der Waals surface area contributed by atoms with Crippen molar-refractivity contribution in [1.29, 1.82) is 0 Å². The molecular weight excluding hydrogens is 416 g/mol. The summed E-state index contributed by atoms with van der Waals surface area (Å²) >= 11 is 0. The SMILES string of the molecule is COc1cccc(C(=O)N2CC(N3C(=O)c4c(c(C)nn4-c4ccccc4)C3C(C)C)C2)c1. The molecule has 170 valence electrons. The van der Waals surface area contributed by atoms with Gasteiger partial charge in [0.2, 0.25) is 0 Å². The molecule has 0 radical (unpaired) electrons. The highest BCUT2D eigenvalue weighted by Crippen LogP contribution is 2.43. The monoisotopic (exact) mass is 444 g/mol. The number of benzene rings is 2. The Bertz CT molecular complexity index is 1210. The van der Waals surface area contributed by atoms with Crippen LogP contribution in [0.5, 0.6) is 5.75 Å². The molecule has 7 nitrogen and oxygen atoms in total. The van der Waals surface area contributed by atoms with Gasteiger partial charge in [0.25, 0.3) is 11.8 Å². The standard InChI is InChI=1S/C26H28N4O3/c1-16(2)23-22-17(3)27-30(19-10-6-5-7-11-19)24(22)26(32)29(23)20-14-28(15-20)25(31)18-9-8-12-21(13-18)33-4/h5-13,16,20,23H,14-15H2,1-4H3. The van der Waals surface area contributed by atoms with Crippen LogP contribution in [0.1, 0.15) is 52.0 Å². The zero-order chi connectivity index (χ0) is 23.3. The maximum atomic E-state index is 13.7. The van der Waals surface area contributed by atoms with Crippen molar-refractivity contribution in [3.05, 3.63) is 77.1 Å². The van der Waals surface area contributed by atoms with Crippen LogP contribution in [-0.2, 0) is 0 Å². The summed E-state index contributed by atoms with van der Waals surface area (Å²) in [6.07, 6.45) is 0. The highest BCUT2D eigenvalue weighted by molar-refractivity contribution is 5.99. The number of para-hydroxylation sites is 1. The van der Waals surface area contributed by atoms with Crippen LogP contribution in [0.2, 0.25) is 0 Å². The van der Waals surface area contributed by atoms with Crippen molar-refractivity contribution in [2.75, 3.05) is 20.2 Å². The lowest BCUT2D eigenvalue weighted by Crippen LogP contribution is -2.62. The van der Waals surface area contributed by atoms with Crippen LogP contribution < -0.4 is 4.74 Å². The van der Waals surface area contributed by atoms with E-state index in [2.05, 4.69) is 13.8 Å². The second-order valence-corrected chi connectivity index (χ2v) is 9.09. The largest absolute Gasteiger partial charge is 0.497 e. The molecule has 2 aromatic carbocycles. The Labute approximate surface area is 193 Å². The molecular formula is C26H28N4O3. The number of hydrogen-bond donors (Lipinski definition) is 0. The third-order valence-corrected chi connectivity index (χ3v) is 6.63. The van der Waals surface area contributed by atoms with Gasteiger partial charge in [0.15, 0.2) is 0 Å². The smallest absolute Gasteiger partial charge is 0.273 e. The minimum Gasteiger partial charge on any atom is -0.497 e. The lowest BCUT2D eigenvalue weighted by atomic mass is 9.94. The quantitative estimate of drug-likeness (QED) is 0.599. The fraction of sp³-hybridized carbons (Fsp3) is 0.346. The molecule has 1 fully saturated rings. The Morgan fingerprint density at radius 1 is 1.09 bits per heavy atom. The predicted molar refractivity (Wildman–Crippen MR) is 125 cm³/mol. The van der Waals surface area contributed by atoms with E-state index in [9.17, 15) is 9.59 Å². The van der Waals surface area contributed by atoms with E-state index in [0.717, 1.165) is 16.9 Å². The first-order valence-corrected chi connectivity index (χ1v) is 11.3. The number of aryl methyl sites for hydroxylation is 1. The first-order valence-electron chi connectivity index (χ1n) is 11.3. The summed E-state index contributed by atoms with van der Waals surface area (Å²) in [6.45, 7) is 7.29. The Morgan fingerprint density at radius 2 is 1.82 bits per heavy atom. The number of hydrogen-bond acceptors (Lipinski definition) is 4. The molecule has 7 heteroatoms. The molecule has 2 amide bonds. The molecule has 0 bridgehead atoms. The fourth-order valence-electron chi connectivity index (χ4n) is 5.03. The van der Waals surface area contributed by atoms with Gasteiger partial charge in [-0.2, -0.15) is 5.10 Å². The summed E-state index contributed by atoms with van der Waals surface area (Å²) in [7, 11) is 1.59. The van der Waals surface area contributed by atoms with Crippen molar-refractivity contribution >= 4 is 11.8 Å². The van der Waals surface area contributed by atoms with Gasteiger partial charge in [0.05, 0.1) is 30.6 Å². The molecule has 1 saturated heterocycles. The number of fused-ring (bicyclic) bond motifs is 1. The molecule has 0 spiro atoms. The fourth-order valence-corrected chi connectivity index (χ4v) is 5.03. The van der Waals surface area contributed by atoms with Crippen LogP contribution in [0.15, 0.2) is 54.6 Å².